The van der Waals surface area contributed by atoms with E-state index in [0.29, 0.717) is 0 Å². The summed E-state index contributed by atoms with van der Waals surface area (Å²) in [5.74, 6) is 0.153. The van der Waals surface area contributed by atoms with E-state index in [1.165, 1.54) is 0 Å². The zero-order valence-corrected chi connectivity index (χ0v) is 8.00. The second kappa shape index (κ2) is 5.53. The molecule has 0 radical (unpaired) electrons. The first-order valence-corrected chi connectivity index (χ1v) is 4.09. The highest BCUT2D eigenvalue weighted by Crippen LogP contribution is 2.12. The molecule has 0 aliphatic rings. The molecule has 0 saturated carbocycles. The summed E-state index contributed by atoms with van der Waals surface area (Å²) in [5, 5.41) is 0. The maximum absolute atomic E-state index is 11.0. The molecule has 66 valence electrons. The van der Waals surface area contributed by atoms with Crippen LogP contribution in [-0.2, 0) is 4.79 Å². The number of rotatable bonds is 4. The predicted octanol–water partition coefficient (Wildman–Crippen LogP) is 2.90. The Morgan fingerprint density at radius 3 is 2.42 bits per heavy atom. The normalized spacial score (nSPS) is 14.8. The van der Waals surface area contributed by atoms with Crippen LogP contribution in [0.15, 0.2) is 36.5 Å². The van der Waals surface area contributed by atoms with Crippen LogP contribution in [0.25, 0.3) is 0 Å². The Balaban J connectivity index is 4.62. The van der Waals surface area contributed by atoms with Gasteiger partial charge in [0.25, 0.3) is 0 Å². The molecule has 0 rings (SSSR count). The highest BCUT2D eigenvalue weighted by molar-refractivity contribution is 5.81. The van der Waals surface area contributed by atoms with Crippen LogP contribution in [0.2, 0.25) is 0 Å². The first kappa shape index (κ1) is 10.9. The standard InChI is InChI=1S/C11H16O/c1-5-7-11(8-6-2)9(3)10(4)12/h5-9H,1H2,2-4H3/b8-6-,11-7+. The third-order valence-corrected chi connectivity index (χ3v) is 1.78. The Kier molecular flexibility index (Phi) is 5.02. The van der Waals surface area contributed by atoms with E-state index in [0.717, 1.165) is 5.57 Å². The monoisotopic (exact) mass is 164 g/mol. The van der Waals surface area contributed by atoms with Crippen molar-refractivity contribution in [2.45, 2.75) is 20.8 Å². The number of hydrogen-bond donors (Lipinski definition) is 0. The van der Waals surface area contributed by atoms with Gasteiger partial charge in [-0.25, -0.2) is 0 Å². The van der Waals surface area contributed by atoms with Crippen molar-refractivity contribution >= 4 is 5.78 Å². The lowest BCUT2D eigenvalue weighted by Crippen LogP contribution is -2.07. The number of allylic oxidation sites excluding steroid dienone is 5. The summed E-state index contributed by atoms with van der Waals surface area (Å²) in [6, 6.07) is 0. The summed E-state index contributed by atoms with van der Waals surface area (Å²) in [6.07, 6.45) is 7.43. The molecule has 0 aromatic heterocycles. The Morgan fingerprint density at radius 2 is 2.08 bits per heavy atom. The Labute approximate surface area is 74.5 Å². The van der Waals surface area contributed by atoms with Crippen molar-refractivity contribution < 1.29 is 4.79 Å². The van der Waals surface area contributed by atoms with Gasteiger partial charge >= 0.3 is 0 Å². The van der Waals surface area contributed by atoms with E-state index >= 15 is 0 Å². The van der Waals surface area contributed by atoms with Crippen LogP contribution in [0.3, 0.4) is 0 Å². The van der Waals surface area contributed by atoms with Crippen molar-refractivity contribution in [1.82, 2.24) is 0 Å². The third-order valence-electron chi connectivity index (χ3n) is 1.78. The van der Waals surface area contributed by atoms with Crippen molar-refractivity contribution in [3.05, 3.63) is 36.5 Å². The number of carbonyl (C=O) groups is 1. The fourth-order valence-corrected chi connectivity index (χ4v) is 0.907. The summed E-state index contributed by atoms with van der Waals surface area (Å²) in [4.78, 5) is 11.0. The molecule has 1 atom stereocenters. The topological polar surface area (TPSA) is 17.1 Å². The molecule has 0 amide bonds. The van der Waals surface area contributed by atoms with E-state index in [2.05, 4.69) is 6.58 Å². The van der Waals surface area contributed by atoms with Gasteiger partial charge in [-0.1, -0.05) is 37.8 Å². The minimum atomic E-state index is -0.0285. The highest BCUT2D eigenvalue weighted by atomic mass is 16.1. The van der Waals surface area contributed by atoms with Gasteiger partial charge < -0.3 is 0 Å². The minimum Gasteiger partial charge on any atom is -0.299 e. The minimum absolute atomic E-state index is 0.0285. The van der Waals surface area contributed by atoms with Crippen molar-refractivity contribution in [2.24, 2.45) is 5.92 Å². The SMILES string of the molecule is C=C/C=C(\C=C/C)C(C)C(C)=O. The van der Waals surface area contributed by atoms with Gasteiger partial charge in [0, 0.05) is 5.92 Å². The summed E-state index contributed by atoms with van der Waals surface area (Å²) in [5.41, 5.74) is 1.01. The maximum atomic E-state index is 11.0. The molecule has 0 spiro atoms. The van der Waals surface area contributed by atoms with Crippen LogP contribution in [0, 0.1) is 5.92 Å². The van der Waals surface area contributed by atoms with Crippen LogP contribution in [0.5, 0.6) is 0 Å². The Hall–Kier alpha value is -1.11. The molecule has 0 saturated heterocycles. The zero-order chi connectivity index (χ0) is 9.56. The lowest BCUT2D eigenvalue weighted by molar-refractivity contribution is -0.119. The van der Waals surface area contributed by atoms with Crippen LogP contribution < -0.4 is 0 Å². The number of hydrogen-bond acceptors (Lipinski definition) is 1. The van der Waals surface area contributed by atoms with Gasteiger partial charge in [-0.2, -0.15) is 0 Å². The lowest BCUT2D eigenvalue weighted by Gasteiger charge is -2.07. The number of Topliss-reactive ketones (excluding diaryl/α,β-unsaturated/α-hetero) is 1. The van der Waals surface area contributed by atoms with E-state index in [4.69, 9.17) is 0 Å². The van der Waals surface area contributed by atoms with E-state index < -0.39 is 0 Å². The van der Waals surface area contributed by atoms with Crippen molar-refractivity contribution in [2.75, 3.05) is 0 Å². The molecule has 12 heavy (non-hydrogen) atoms. The van der Waals surface area contributed by atoms with Gasteiger partial charge in [0.2, 0.25) is 0 Å². The number of ketones is 1. The van der Waals surface area contributed by atoms with E-state index in [1.54, 1.807) is 13.0 Å². The molecule has 0 bridgehead atoms. The molecule has 0 N–H and O–H groups in total. The van der Waals surface area contributed by atoms with Crippen molar-refractivity contribution in [3.8, 4) is 0 Å². The second-order valence-electron chi connectivity index (χ2n) is 2.73. The van der Waals surface area contributed by atoms with Crippen molar-refractivity contribution in [1.29, 1.82) is 0 Å². The fourth-order valence-electron chi connectivity index (χ4n) is 0.907. The van der Waals surface area contributed by atoms with Crippen molar-refractivity contribution in [3.63, 3.8) is 0 Å². The fraction of sp³-hybridized carbons (Fsp3) is 0.364. The molecular formula is C11H16O. The zero-order valence-electron chi connectivity index (χ0n) is 8.00. The highest BCUT2D eigenvalue weighted by Gasteiger charge is 2.09. The average molecular weight is 164 g/mol. The molecule has 1 unspecified atom stereocenters. The van der Waals surface area contributed by atoms with Crippen LogP contribution in [0.1, 0.15) is 20.8 Å². The molecule has 0 aliphatic heterocycles. The smallest absolute Gasteiger partial charge is 0.136 e. The molecule has 0 fully saturated rings. The van der Waals surface area contributed by atoms with Gasteiger partial charge in [0.05, 0.1) is 0 Å². The van der Waals surface area contributed by atoms with E-state index in [1.807, 2.05) is 32.1 Å². The summed E-state index contributed by atoms with van der Waals surface area (Å²) in [6.45, 7) is 9.04. The van der Waals surface area contributed by atoms with Gasteiger partial charge in [-0.05, 0) is 19.4 Å². The van der Waals surface area contributed by atoms with Gasteiger partial charge in [0.1, 0.15) is 5.78 Å². The first-order valence-electron chi connectivity index (χ1n) is 4.09. The molecule has 0 aliphatic carbocycles. The maximum Gasteiger partial charge on any atom is 0.136 e. The average Bonchev–Trinajstić information content (AvgIpc) is 2.03. The predicted molar refractivity (Wildman–Crippen MR) is 52.9 cm³/mol. The Bertz CT molecular complexity index is 221. The van der Waals surface area contributed by atoms with Gasteiger partial charge in [-0.15, -0.1) is 0 Å². The van der Waals surface area contributed by atoms with Crippen LogP contribution >= 0.6 is 0 Å². The molecule has 0 aromatic rings. The van der Waals surface area contributed by atoms with Crippen LogP contribution in [-0.4, -0.2) is 5.78 Å². The van der Waals surface area contributed by atoms with E-state index in [9.17, 15) is 4.79 Å². The quantitative estimate of drug-likeness (QED) is 0.584. The second-order valence-corrected chi connectivity index (χ2v) is 2.73. The molecule has 0 aromatic carbocycles. The molecule has 1 nitrogen and oxygen atoms in total. The molecule has 0 heterocycles. The molecular weight excluding hydrogens is 148 g/mol. The summed E-state index contributed by atoms with van der Waals surface area (Å²) >= 11 is 0. The summed E-state index contributed by atoms with van der Waals surface area (Å²) in [7, 11) is 0. The number of carbonyl (C=O) groups excluding carboxylic acids is 1. The van der Waals surface area contributed by atoms with Gasteiger partial charge in [0.15, 0.2) is 0 Å². The van der Waals surface area contributed by atoms with Gasteiger partial charge in [-0.3, -0.25) is 4.79 Å². The van der Waals surface area contributed by atoms with E-state index in [-0.39, 0.29) is 11.7 Å². The van der Waals surface area contributed by atoms with Crippen LogP contribution in [0.4, 0.5) is 0 Å². The molecule has 1 heteroatoms. The Morgan fingerprint density at radius 1 is 1.50 bits per heavy atom. The first-order chi connectivity index (χ1) is 5.63. The lowest BCUT2D eigenvalue weighted by atomic mass is 9.96. The summed E-state index contributed by atoms with van der Waals surface area (Å²) < 4.78 is 0. The largest absolute Gasteiger partial charge is 0.299 e. The third kappa shape index (κ3) is 3.33.